The van der Waals surface area contributed by atoms with E-state index in [4.69, 9.17) is 4.74 Å². The van der Waals surface area contributed by atoms with Gasteiger partial charge in [-0.2, -0.15) is 18.4 Å². The fourth-order valence-corrected chi connectivity index (χ4v) is 5.93. The van der Waals surface area contributed by atoms with Gasteiger partial charge in [-0.05, 0) is 86.6 Å². The Morgan fingerprint density at radius 1 is 1.16 bits per heavy atom. The van der Waals surface area contributed by atoms with Crippen molar-refractivity contribution in [2.45, 2.75) is 89.3 Å². The molecular formula is C32H38F3N7O2. The quantitative estimate of drug-likeness (QED) is 0.278. The first-order chi connectivity index (χ1) is 20.9. The van der Waals surface area contributed by atoms with E-state index in [9.17, 15) is 23.2 Å². The van der Waals surface area contributed by atoms with E-state index in [0.29, 0.717) is 29.8 Å². The van der Waals surface area contributed by atoms with Crippen LogP contribution in [-0.2, 0) is 43.9 Å². The average Bonchev–Trinajstić information content (AvgIpc) is 3.51. The summed E-state index contributed by atoms with van der Waals surface area (Å²) < 4.78 is 50.6. The fraction of sp³-hybridized carbons (Fsp3) is 0.500. The number of nitriles is 1. The van der Waals surface area contributed by atoms with Crippen LogP contribution in [0.15, 0.2) is 36.7 Å². The number of fused-ring (bicyclic) bond motifs is 1. The number of amides is 1. The maximum atomic E-state index is 14.3. The van der Waals surface area contributed by atoms with Crippen molar-refractivity contribution in [3.05, 3.63) is 70.3 Å². The summed E-state index contributed by atoms with van der Waals surface area (Å²) in [6.07, 6.45) is 0.966. The van der Waals surface area contributed by atoms with Crippen molar-refractivity contribution in [2.24, 2.45) is 7.05 Å². The monoisotopic (exact) mass is 609 g/mol. The van der Waals surface area contributed by atoms with Gasteiger partial charge in [-0.1, -0.05) is 0 Å². The number of carbonyl (C=O) groups is 1. The van der Waals surface area contributed by atoms with Crippen LogP contribution < -0.4 is 15.5 Å². The highest BCUT2D eigenvalue weighted by molar-refractivity contribution is 6.10. The smallest absolute Gasteiger partial charge is 0.381 e. The molecular weight excluding hydrogens is 571 g/mol. The third kappa shape index (κ3) is 6.89. The molecule has 0 bridgehead atoms. The molecule has 2 aromatic carbocycles. The van der Waals surface area contributed by atoms with E-state index in [1.54, 1.807) is 25.6 Å². The topological polar surface area (TPSA) is 108 Å². The van der Waals surface area contributed by atoms with Gasteiger partial charge >= 0.3 is 6.18 Å². The Balaban J connectivity index is 1.47. The highest BCUT2D eigenvalue weighted by atomic mass is 19.4. The second-order valence-corrected chi connectivity index (χ2v) is 12.2. The molecule has 1 fully saturated rings. The molecule has 1 aromatic heterocycles. The Labute approximate surface area is 255 Å². The summed E-state index contributed by atoms with van der Waals surface area (Å²) in [5.74, 6) is 0.271. The van der Waals surface area contributed by atoms with Crippen molar-refractivity contribution >= 4 is 17.3 Å². The number of carbonyl (C=O) groups excluding carboxylic acids is 1. The van der Waals surface area contributed by atoms with E-state index in [0.717, 1.165) is 30.7 Å². The van der Waals surface area contributed by atoms with E-state index in [-0.39, 0.29) is 48.3 Å². The molecule has 0 unspecified atom stereocenters. The molecule has 2 aliphatic rings. The second-order valence-electron chi connectivity index (χ2n) is 12.2. The highest BCUT2D eigenvalue weighted by Gasteiger charge is 2.41. The van der Waals surface area contributed by atoms with Gasteiger partial charge in [-0.3, -0.25) is 4.79 Å². The molecule has 0 spiro atoms. The summed E-state index contributed by atoms with van der Waals surface area (Å²) in [6.45, 7) is 3.99. The Morgan fingerprint density at radius 3 is 2.55 bits per heavy atom. The summed E-state index contributed by atoms with van der Waals surface area (Å²) in [6, 6.07) is 10.2. The number of ether oxygens (including phenoxy) is 1. The molecule has 3 aromatic rings. The molecule has 1 saturated carbocycles. The first-order valence-electron chi connectivity index (χ1n) is 14.8. The zero-order valence-corrected chi connectivity index (χ0v) is 25.5. The zero-order chi connectivity index (χ0) is 31.6. The van der Waals surface area contributed by atoms with Gasteiger partial charge in [0.25, 0.3) is 5.91 Å². The number of nitrogens with one attached hydrogen (secondary N) is 2. The summed E-state index contributed by atoms with van der Waals surface area (Å²) in [4.78, 5) is 15.2. The standard InChI is InChI=1S/C32H38F3N7O2/c1-20(6-9-36)39-23-10-21(12-25(44-4)16-29-40-38-19-41(29)3)11-24(15-23)42-18-27-26(30(42)43)13-22(14-28(27)32(33,34)35)17-37-31(2)7-5-8-31/h10-11,13-15,19-20,25,37,39H,5-8,12,16-18H2,1-4H3/t20-,25-/m0/s1. The van der Waals surface area contributed by atoms with Gasteiger partial charge in [0.2, 0.25) is 0 Å². The van der Waals surface area contributed by atoms with Crippen molar-refractivity contribution in [2.75, 3.05) is 17.3 Å². The second kappa shape index (κ2) is 12.6. The number of anilines is 2. The first-order valence-corrected chi connectivity index (χ1v) is 14.8. The molecule has 2 heterocycles. The summed E-state index contributed by atoms with van der Waals surface area (Å²) in [5, 5.41) is 23.9. The molecule has 5 rings (SSSR count). The van der Waals surface area contributed by atoms with Gasteiger partial charge in [0.05, 0.1) is 30.7 Å². The predicted molar refractivity (Wildman–Crippen MR) is 160 cm³/mol. The minimum Gasteiger partial charge on any atom is -0.381 e. The number of benzene rings is 2. The Hall–Kier alpha value is -3.95. The number of hydrogen-bond acceptors (Lipinski definition) is 7. The molecule has 1 aliphatic heterocycles. The van der Waals surface area contributed by atoms with Gasteiger partial charge in [0, 0.05) is 55.6 Å². The fourth-order valence-electron chi connectivity index (χ4n) is 5.93. The van der Waals surface area contributed by atoms with Crippen LogP contribution >= 0.6 is 0 Å². The number of aryl methyl sites for hydroxylation is 1. The van der Waals surface area contributed by atoms with Gasteiger partial charge < -0.3 is 24.8 Å². The van der Waals surface area contributed by atoms with Gasteiger partial charge in [-0.15, -0.1) is 10.2 Å². The van der Waals surface area contributed by atoms with E-state index >= 15 is 0 Å². The average molecular weight is 610 g/mol. The van der Waals surface area contributed by atoms with Gasteiger partial charge in [0.15, 0.2) is 0 Å². The molecule has 12 heteroatoms. The van der Waals surface area contributed by atoms with Crippen LogP contribution in [0, 0.1) is 11.3 Å². The largest absolute Gasteiger partial charge is 0.416 e. The number of aromatic nitrogens is 3. The van der Waals surface area contributed by atoms with Crippen molar-refractivity contribution in [3.8, 4) is 6.07 Å². The molecule has 44 heavy (non-hydrogen) atoms. The predicted octanol–water partition coefficient (Wildman–Crippen LogP) is 5.54. The summed E-state index contributed by atoms with van der Waals surface area (Å²) in [5.41, 5.74) is 1.58. The number of methoxy groups -OCH3 is 1. The lowest BCUT2D eigenvalue weighted by molar-refractivity contribution is -0.138. The lowest BCUT2D eigenvalue weighted by atomic mass is 9.78. The molecule has 0 radical (unpaired) electrons. The normalized spacial score (nSPS) is 17.1. The molecule has 234 valence electrons. The lowest BCUT2D eigenvalue weighted by Crippen LogP contribution is -2.47. The van der Waals surface area contributed by atoms with Gasteiger partial charge in [-0.25, -0.2) is 0 Å². The molecule has 0 saturated heterocycles. The van der Waals surface area contributed by atoms with E-state index in [1.165, 1.54) is 11.0 Å². The maximum Gasteiger partial charge on any atom is 0.416 e. The number of halogens is 3. The molecule has 9 nitrogen and oxygen atoms in total. The third-order valence-corrected chi connectivity index (χ3v) is 8.70. The van der Waals surface area contributed by atoms with Crippen molar-refractivity contribution < 1.29 is 22.7 Å². The summed E-state index contributed by atoms with van der Waals surface area (Å²) in [7, 11) is 3.46. The zero-order valence-electron chi connectivity index (χ0n) is 25.5. The van der Waals surface area contributed by atoms with Crippen LogP contribution in [0.1, 0.15) is 78.0 Å². The van der Waals surface area contributed by atoms with E-state index < -0.39 is 17.6 Å². The molecule has 1 amide bonds. The highest BCUT2D eigenvalue weighted by Crippen LogP contribution is 2.40. The number of hydrogen-bond donors (Lipinski definition) is 2. The molecule has 2 atom stereocenters. The van der Waals surface area contributed by atoms with Crippen LogP contribution in [0.4, 0.5) is 24.5 Å². The Kier molecular flexibility index (Phi) is 9.00. The van der Waals surface area contributed by atoms with Crippen LogP contribution in [0.3, 0.4) is 0 Å². The first kappa shape index (κ1) is 31.5. The Bertz CT molecular complexity index is 1560. The van der Waals surface area contributed by atoms with Crippen molar-refractivity contribution in [1.29, 1.82) is 5.26 Å². The minimum absolute atomic E-state index is 0.0177. The van der Waals surface area contributed by atoms with E-state index in [1.807, 2.05) is 30.7 Å². The number of rotatable bonds is 12. The summed E-state index contributed by atoms with van der Waals surface area (Å²) >= 11 is 0. The van der Waals surface area contributed by atoms with Crippen LogP contribution in [0.5, 0.6) is 0 Å². The van der Waals surface area contributed by atoms with Crippen LogP contribution in [-0.4, -0.2) is 45.5 Å². The Morgan fingerprint density at radius 2 is 1.93 bits per heavy atom. The molecule has 2 N–H and O–H groups in total. The van der Waals surface area contributed by atoms with E-state index in [2.05, 4.69) is 33.8 Å². The SMILES string of the molecule is CO[C@@H](Cc1cc(N[C@@H](C)CC#N)cc(N2Cc3c(cc(CNC4(C)CCC4)cc3C(F)(F)F)C2=O)c1)Cc1nncn1C. The maximum absolute atomic E-state index is 14.3. The van der Waals surface area contributed by atoms with Crippen LogP contribution in [0.25, 0.3) is 0 Å². The number of alkyl halides is 3. The third-order valence-electron chi connectivity index (χ3n) is 8.70. The number of nitrogens with zero attached hydrogens (tertiary/aromatic N) is 5. The van der Waals surface area contributed by atoms with Crippen molar-refractivity contribution in [3.63, 3.8) is 0 Å². The molecule has 1 aliphatic carbocycles. The van der Waals surface area contributed by atoms with Crippen LogP contribution in [0.2, 0.25) is 0 Å². The van der Waals surface area contributed by atoms with Gasteiger partial charge in [0.1, 0.15) is 12.2 Å². The minimum atomic E-state index is -4.61. The van der Waals surface area contributed by atoms with Crippen molar-refractivity contribution in [1.82, 2.24) is 20.1 Å². The lowest BCUT2D eigenvalue weighted by Gasteiger charge is -2.39.